The molecule has 8 rings (SSSR count). The molecule has 0 radical (unpaired) electrons. The van der Waals surface area contributed by atoms with E-state index in [1.165, 1.54) is 0 Å². The van der Waals surface area contributed by atoms with Crippen LogP contribution in [0.1, 0.15) is 24.5 Å². The molecular weight excluding hydrogens is 670 g/mol. The third kappa shape index (κ3) is 5.23. The Hall–Kier alpha value is -5.04. The van der Waals surface area contributed by atoms with Crippen LogP contribution in [-0.2, 0) is 31.3 Å². The van der Waals surface area contributed by atoms with E-state index in [9.17, 15) is 14.7 Å². The van der Waals surface area contributed by atoms with E-state index >= 15 is 8.90 Å². The number of aliphatic hydroxyl groups excluding tert-OH is 1. The Morgan fingerprint density at radius 3 is 2.02 bits per heavy atom. The first kappa shape index (κ1) is 33.1. The van der Waals surface area contributed by atoms with Gasteiger partial charge in [0.25, 0.3) is 17.7 Å². The van der Waals surface area contributed by atoms with Crippen LogP contribution in [0.3, 0.4) is 0 Å². The molecule has 4 aromatic rings. The van der Waals surface area contributed by atoms with Crippen LogP contribution in [0.25, 0.3) is 0 Å². The predicted octanol–water partition coefficient (Wildman–Crippen LogP) is 6.51. The third-order valence-corrected chi connectivity index (χ3v) is 13.0. The standard InChI is InChI=1S/C39H38FN3O7Si/c1-24-37(51(2,3)40)34(17-18-44)50-39(24)28-20-27(43-31-12-5-7-14-33(31)49-23-36(43)46)15-16-29(28)41(38(39)47)21-25-9-8-10-26(19-25)42-30-11-4-6-13-32(30)48-22-35(42)45/h4-16,19-20,24,34,37,44H,17-18,21-23H2,1-3H3/t24-,34+,37-,39+/m0/s1. The van der Waals surface area contributed by atoms with E-state index in [-0.39, 0.29) is 50.5 Å². The first-order chi connectivity index (χ1) is 24.5. The molecule has 1 spiro atoms. The van der Waals surface area contributed by atoms with Gasteiger partial charge in [-0.05, 0) is 79.7 Å². The van der Waals surface area contributed by atoms with Crippen LogP contribution in [-0.4, -0.2) is 57.2 Å². The number of aliphatic hydroxyl groups is 1. The highest BCUT2D eigenvalue weighted by atomic mass is 28.4. The van der Waals surface area contributed by atoms with Gasteiger partial charge in [-0.25, -0.2) is 0 Å². The quantitative estimate of drug-likeness (QED) is 0.173. The molecule has 4 heterocycles. The maximum Gasteiger partial charge on any atom is 0.269 e. The molecule has 3 amide bonds. The molecular formula is C39H38FN3O7Si. The summed E-state index contributed by atoms with van der Waals surface area (Å²) in [6.07, 6.45) is -0.496. The van der Waals surface area contributed by atoms with E-state index < -0.39 is 31.6 Å². The van der Waals surface area contributed by atoms with Crippen LogP contribution < -0.4 is 24.2 Å². The van der Waals surface area contributed by atoms with Crippen molar-refractivity contribution >= 4 is 54.6 Å². The monoisotopic (exact) mass is 707 g/mol. The summed E-state index contributed by atoms with van der Waals surface area (Å²) in [4.78, 5) is 46.4. The van der Waals surface area contributed by atoms with Gasteiger partial charge in [-0.2, -0.15) is 0 Å². The molecule has 10 nitrogen and oxygen atoms in total. The number of amides is 3. The highest BCUT2D eigenvalue weighted by molar-refractivity contribution is 6.72. The number of nitrogens with zero attached hydrogens (tertiary/aromatic N) is 3. The van der Waals surface area contributed by atoms with Crippen molar-refractivity contribution in [1.29, 1.82) is 0 Å². The van der Waals surface area contributed by atoms with Gasteiger partial charge in [0.2, 0.25) is 8.41 Å². The molecule has 51 heavy (non-hydrogen) atoms. The normalized spacial score (nSPS) is 24.0. The SMILES string of the molecule is C[C@H]1[C@H]([Si](C)(C)F)[C@@H](CCO)O[C@]12C(=O)N(Cc1cccc(N3C(=O)COc4ccccc43)c1)c1ccc(N3C(=O)COc4ccccc43)cc12. The summed E-state index contributed by atoms with van der Waals surface area (Å²) in [6.45, 7) is 4.79. The number of carbonyl (C=O) groups is 3. The van der Waals surface area contributed by atoms with E-state index in [1.54, 1.807) is 46.0 Å². The summed E-state index contributed by atoms with van der Waals surface area (Å²) >= 11 is 0. The molecule has 1 saturated heterocycles. The predicted molar refractivity (Wildman–Crippen MR) is 192 cm³/mol. The summed E-state index contributed by atoms with van der Waals surface area (Å²) in [5.74, 6) is -0.236. The maximum absolute atomic E-state index is 16.2. The summed E-state index contributed by atoms with van der Waals surface area (Å²) < 4.78 is 34.3. The van der Waals surface area contributed by atoms with Crippen LogP contribution in [0.4, 0.5) is 32.5 Å². The van der Waals surface area contributed by atoms with Gasteiger partial charge in [0.05, 0.1) is 29.7 Å². The molecule has 1 N–H and O–H groups in total. The van der Waals surface area contributed by atoms with Gasteiger partial charge < -0.3 is 28.3 Å². The average molecular weight is 708 g/mol. The lowest BCUT2D eigenvalue weighted by Gasteiger charge is -2.32. The van der Waals surface area contributed by atoms with Crippen molar-refractivity contribution in [2.75, 3.05) is 34.5 Å². The number of rotatable bonds is 7. The van der Waals surface area contributed by atoms with E-state index in [2.05, 4.69) is 0 Å². The molecule has 0 saturated carbocycles. The number of halogens is 1. The van der Waals surface area contributed by atoms with E-state index in [4.69, 9.17) is 14.2 Å². The van der Waals surface area contributed by atoms with Crippen molar-refractivity contribution < 1.29 is 37.8 Å². The lowest BCUT2D eigenvalue weighted by molar-refractivity contribution is -0.146. The molecule has 0 bridgehead atoms. The average Bonchev–Trinajstić information content (AvgIpc) is 3.54. The molecule has 0 unspecified atom stereocenters. The van der Waals surface area contributed by atoms with E-state index in [0.717, 1.165) is 5.56 Å². The summed E-state index contributed by atoms with van der Waals surface area (Å²) in [5, 5.41) is 10.0. The molecule has 12 heteroatoms. The van der Waals surface area contributed by atoms with Crippen molar-refractivity contribution in [3.63, 3.8) is 0 Å². The minimum Gasteiger partial charge on any atom is -0.482 e. The van der Waals surface area contributed by atoms with Gasteiger partial charge >= 0.3 is 0 Å². The van der Waals surface area contributed by atoms with Crippen molar-refractivity contribution in [1.82, 2.24) is 0 Å². The second-order valence-corrected chi connectivity index (χ2v) is 17.8. The van der Waals surface area contributed by atoms with Gasteiger partial charge in [0.15, 0.2) is 18.8 Å². The molecule has 1 fully saturated rings. The highest BCUT2D eigenvalue weighted by Crippen LogP contribution is 2.61. The zero-order chi connectivity index (χ0) is 35.7. The minimum absolute atomic E-state index is 0.0974. The second kappa shape index (κ2) is 12.3. The number of anilines is 5. The zero-order valence-corrected chi connectivity index (χ0v) is 29.5. The Bertz CT molecular complexity index is 2070. The van der Waals surface area contributed by atoms with Gasteiger partial charge in [-0.3, -0.25) is 24.2 Å². The van der Waals surface area contributed by atoms with Gasteiger partial charge in [-0.15, -0.1) is 0 Å². The number of hydrogen-bond donors (Lipinski definition) is 1. The van der Waals surface area contributed by atoms with Crippen molar-refractivity contribution in [3.8, 4) is 11.5 Å². The molecule has 4 aliphatic rings. The Labute approximate surface area is 296 Å². The fourth-order valence-corrected chi connectivity index (χ4v) is 11.0. The Kier molecular flexibility index (Phi) is 8.00. The van der Waals surface area contributed by atoms with E-state index in [0.29, 0.717) is 45.5 Å². The Balaban J connectivity index is 1.23. The molecule has 0 aliphatic carbocycles. The van der Waals surface area contributed by atoms with E-state index in [1.807, 2.05) is 79.7 Å². The van der Waals surface area contributed by atoms with Crippen molar-refractivity contribution in [3.05, 3.63) is 102 Å². The van der Waals surface area contributed by atoms with Gasteiger partial charge in [0, 0.05) is 35.0 Å². The lowest BCUT2D eigenvalue weighted by atomic mass is 9.82. The number of fused-ring (bicyclic) bond motifs is 4. The first-order valence-corrected chi connectivity index (χ1v) is 20.1. The number of benzene rings is 4. The molecule has 4 atom stereocenters. The largest absolute Gasteiger partial charge is 0.482 e. The summed E-state index contributed by atoms with van der Waals surface area (Å²) in [5.41, 5.74) is 2.13. The fraction of sp³-hybridized carbons (Fsp3) is 0.308. The molecule has 262 valence electrons. The number of hydrogen-bond acceptors (Lipinski definition) is 7. The third-order valence-electron chi connectivity index (χ3n) is 10.5. The van der Waals surface area contributed by atoms with Gasteiger partial charge in [0.1, 0.15) is 11.5 Å². The number of para-hydroxylation sites is 4. The number of ether oxygens (including phenoxy) is 3. The van der Waals surface area contributed by atoms with Crippen LogP contribution in [0.5, 0.6) is 11.5 Å². The Morgan fingerprint density at radius 2 is 1.41 bits per heavy atom. The van der Waals surface area contributed by atoms with Crippen LogP contribution in [0.15, 0.2) is 91.0 Å². The smallest absolute Gasteiger partial charge is 0.269 e. The first-order valence-electron chi connectivity index (χ1n) is 17.2. The summed E-state index contributed by atoms with van der Waals surface area (Å²) in [7, 11) is -3.43. The Morgan fingerprint density at radius 1 is 0.804 bits per heavy atom. The van der Waals surface area contributed by atoms with Crippen molar-refractivity contribution in [2.45, 2.75) is 50.2 Å². The van der Waals surface area contributed by atoms with Crippen LogP contribution in [0.2, 0.25) is 18.6 Å². The molecule has 0 aromatic heterocycles. The second-order valence-electron chi connectivity index (χ2n) is 14.0. The molecule has 4 aromatic carbocycles. The summed E-state index contributed by atoms with van der Waals surface area (Å²) in [6, 6.07) is 27.5. The lowest BCUT2D eigenvalue weighted by Crippen LogP contribution is -2.45. The topological polar surface area (TPSA) is 109 Å². The minimum atomic E-state index is -3.43. The van der Waals surface area contributed by atoms with Crippen LogP contribution in [0, 0.1) is 5.92 Å². The molecule has 4 aliphatic heterocycles. The highest BCUT2D eigenvalue weighted by Gasteiger charge is 2.66. The maximum atomic E-state index is 16.2. The van der Waals surface area contributed by atoms with Crippen LogP contribution >= 0.6 is 0 Å². The zero-order valence-electron chi connectivity index (χ0n) is 28.5. The fourth-order valence-electron chi connectivity index (χ4n) is 8.48. The van der Waals surface area contributed by atoms with Gasteiger partial charge in [-0.1, -0.05) is 43.3 Å². The van der Waals surface area contributed by atoms with Crippen molar-refractivity contribution in [2.24, 2.45) is 5.92 Å². The number of carbonyl (C=O) groups excluding carboxylic acids is 3.